The number of hydrogen-bond acceptors (Lipinski definition) is 6. The molecule has 2 aliphatic rings. The van der Waals surface area contributed by atoms with Crippen LogP contribution in [-0.4, -0.2) is 48.3 Å². The number of amides is 2. The number of anilines is 2. The van der Waals surface area contributed by atoms with E-state index in [-0.39, 0.29) is 52.6 Å². The Morgan fingerprint density at radius 2 is 1.95 bits per heavy atom. The maximum atomic E-state index is 13.6. The average molecular weight is 574 g/mol. The number of aromatic nitrogens is 4. The van der Waals surface area contributed by atoms with Crippen molar-refractivity contribution in [2.45, 2.75) is 37.6 Å². The number of carbonyl (C=O) groups excluding carboxylic acids is 2. The minimum atomic E-state index is -4.55. The standard InChI is InChI=1S/C24H19BrF3N7O2/c25-18-8-13(3-4-30-18)33-23(37)17-6-11-5-16(11)35(17)19(36)9-34-15-2-1-12(24(26,27)28)7-14(15)20-21(29)31-10-32-22(20)34/h1-4,7-8,10-11,16-17H,5-6,9H2,(H2,29,31,32)(H,30,33,37)/t11?,16-,17+/m1/s1. The molecule has 0 bridgehead atoms. The molecule has 37 heavy (non-hydrogen) atoms. The summed E-state index contributed by atoms with van der Waals surface area (Å²) in [6.07, 6.45) is -0.434. The quantitative estimate of drug-likeness (QED) is 0.356. The van der Waals surface area contributed by atoms with Crippen LogP contribution in [0, 0.1) is 5.92 Å². The SMILES string of the molecule is Nc1ncnc2c1c1cc(C(F)(F)F)ccc1n2CC(=O)N1[C@@H]2CC2C[C@H]1C(=O)Nc1ccnc(Br)c1. The zero-order chi connectivity index (χ0) is 26.1. The molecule has 3 N–H and O–H groups in total. The molecule has 1 aliphatic carbocycles. The maximum absolute atomic E-state index is 13.6. The molecule has 6 rings (SSSR count). The van der Waals surface area contributed by atoms with Gasteiger partial charge in [-0.2, -0.15) is 13.2 Å². The van der Waals surface area contributed by atoms with Crippen molar-refractivity contribution in [1.82, 2.24) is 24.4 Å². The average Bonchev–Trinajstić information content (AvgIpc) is 3.38. The summed E-state index contributed by atoms with van der Waals surface area (Å²) >= 11 is 3.27. The van der Waals surface area contributed by atoms with Crippen molar-refractivity contribution in [3.63, 3.8) is 0 Å². The van der Waals surface area contributed by atoms with Gasteiger partial charge in [0.2, 0.25) is 11.8 Å². The Morgan fingerprint density at radius 3 is 2.70 bits per heavy atom. The van der Waals surface area contributed by atoms with Crippen LogP contribution >= 0.6 is 15.9 Å². The molecule has 1 saturated heterocycles. The molecule has 9 nitrogen and oxygen atoms in total. The number of likely N-dealkylation sites (tertiary alicyclic amines) is 1. The number of rotatable bonds is 4. The molecule has 2 amide bonds. The van der Waals surface area contributed by atoms with E-state index in [2.05, 4.69) is 36.2 Å². The predicted octanol–water partition coefficient (Wildman–Crippen LogP) is 3.97. The second kappa shape index (κ2) is 8.40. The zero-order valence-electron chi connectivity index (χ0n) is 19.0. The van der Waals surface area contributed by atoms with Crippen molar-refractivity contribution in [2.75, 3.05) is 11.1 Å². The van der Waals surface area contributed by atoms with Gasteiger partial charge in [0.1, 0.15) is 35.0 Å². The van der Waals surface area contributed by atoms with Gasteiger partial charge in [-0.25, -0.2) is 15.0 Å². The molecule has 3 aromatic heterocycles. The van der Waals surface area contributed by atoms with Gasteiger partial charge in [-0.3, -0.25) is 9.59 Å². The molecule has 13 heteroatoms. The maximum Gasteiger partial charge on any atom is 0.416 e. The van der Waals surface area contributed by atoms with Crippen LogP contribution < -0.4 is 11.1 Å². The molecule has 1 aromatic carbocycles. The van der Waals surface area contributed by atoms with Gasteiger partial charge in [0.05, 0.1) is 16.5 Å². The molecule has 190 valence electrons. The fourth-order valence-corrected chi connectivity index (χ4v) is 5.61. The van der Waals surface area contributed by atoms with Crippen molar-refractivity contribution in [2.24, 2.45) is 5.92 Å². The summed E-state index contributed by atoms with van der Waals surface area (Å²) in [4.78, 5) is 40.5. The number of nitrogens with one attached hydrogen (secondary N) is 1. The molecule has 4 aromatic rings. The Morgan fingerprint density at radius 1 is 1.14 bits per heavy atom. The molecule has 1 unspecified atom stereocenters. The molecule has 1 saturated carbocycles. The van der Waals surface area contributed by atoms with E-state index < -0.39 is 17.8 Å². The van der Waals surface area contributed by atoms with Crippen LogP contribution in [0.25, 0.3) is 21.9 Å². The highest BCUT2D eigenvalue weighted by molar-refractivity contribution is 9.10. The number of fused-ring (bicyclic) bond motifs is 4. The summed E-state index contributed by atoms with van der Waals surface area (Å²) in [5, 5.41) is 3.30. The Bertz CT molecular complexity index is 1590. The molecule has 0 radical (unpaired) electrons. The molecule has 0 spiro atoms. The van der Waals surface area contributed by atoms with E-state index in [0.29, 0.717) is 22.2 Å². The van der Waals surface area contributed by atoms with E-state index in [9.17, 15) is 22.8 Å². The van der Waals surface area contributed by atoms with E-state index in [1.165, 1.54) is 17.0 Å². The normalized spacial score (nSPS) is 20.9. The highest BCUT2D eigenvalue weighted by atomic mass is 79.9. The van der Waals surface area contributed by atoms with Gasteiger partial charge in [-0.1, -0.05) is 0 Å². The van der Waals surface area contributed by atoms with Crippen molar-refractivity contribution < 1.29 is 22.8 Å². The fraction of sp³-hybridized carbons (Fsp3) is 0.292. The van der Waals surface area contributed by atoms with Crippen molar-refractivity contribution >= 4 is 61.2 Å². The van der Waals surface area contributed by atoms with Gasteiger partial charge in [0.25, 0.3) is 0 Å². The van der Waals surface area contributed by atoms with Gasteiger partial charge in [0, 0.05) is 23.3 Å². The van der Waals surface area contributed by atoms with Crippen LogP contribution in [0.3, 0.4) is 0 Å². The molecular weight excluding hydrogens is 555 g/mol. The molecule has 4 heterocycles. The topological polar surface area (TPSA) is 119 Å². The minimum absolute atomic E-state index is 0.0183. The van der Waals surface area contributed by atoms with Crippen molar-refractivity contribution in [1.29, 1.82) is 0 Å². The number of nitrogens with zero attached hydrogens (tertiary/aromatic N) is 5. The van der Waals surface area contributed by atoms with Crippen LogP contribution in [0.2, 0.25) is 0 Å². The summed E-state index contributed by atoms with van der Waals surface area (Å²) in [5.74, 6) is -0.363. The lowest BCUT2D eigenvalue weighted by molar-refractivity contribution is -0.138. The van der Waals surface area contributed by atoms with Crippen LogP contribution in [-0.2, 0) is 22.3 Å². The van der Waals surface area contributed by atoms with E-state index >= 15 is 0 Å². The number of hydrogen-bond donors (Lipinski definition) is 2. The summed E-state index contributed by atoms with van der Waals surface area (Å²) in [5.41, 5.74) is 6.36. The summed E-state index contributed by atoms with van der Waals surface area (Å²) in [7, 11) is 0. The molecule has 3 atom stereocenters. The van der Waals surface area contributed by atoms with Gasteiger partial charge in [-0.15, -0.1) is 0 Å². The van der Waals surface area contributed by atoms with Crippen molar-refractivity contribution in [3.8, 4) is 0 Å². The van der Waals surface area contributed by atoms with E-state index in [1.807, 2.05) is 0 Å². The van der Waals surface area contributed by atoms with E-state index in [0.717, 1.165) is 18.6 Å². The highest BCUT2D eigenvalue weighted by Gasteiger charge is 2.56. The Labute approximate surface area is 216 Å². The molecular formula is C24H19BrF3N7O2. The third kappa shape index (κ3) is 4.06. The Kier molecular flexibility index (Phi) is 5.37. The first-order valence-electron chi connectivity index (χ1n) is 11.4. The monoisotopic (exact) mass is 573 g/mol. The van der Waals surface area contributed by atoms with Crippen molar-refractivity contribution in [3.05, 3.63) is 53.0 Å². The Balaban J connectivity index is 1.34. The van der Waals surface area contributed by atoms with Gasteiger partial charge >= 0.3 is 6.18 Å². The summed E-state index contributed by atoms with van der Waals surface area (Å²) in [6, 6.07) is 5.88. The smallest absolute Gasteiger partial charge is 0.383 e. The number of nitrogen functional groups attached to an aromatic ring is 1. The second-order valence-electron chi connectivity index (χ2n) is 9.25. The van der Waals surface area contributed by atoms with Gasteiger partial charge in [0.15, 0.2) is 0 Å². The number of pyridine rings is 1. The third-order valence-electron chi connectivity index (χ3n) is 6.98. The first kappa shape index (κ1) is 23.6. The number of halogens is 4. The first-order chi connectivity index (χ1) is 17.6. The first-order valence-corrected chi connectivity index (χ1v) is 12.2. The summed E-state index contributed by atoms with van der Waals surface area (Å²) in [6.45, 7) is -0.213. The number of piperidine rings is 1. The third-order valence-corrected chi connectivity index (χ3v) is 7.41. The number of carbonyl (C=O) groups is 2. The lowest BCUT2D eigenvalue weighted by Gasteiger charge is -2.27. The van der Waals surface area contributed by atoms with Crippen LogP contribution in [0.4, 0.5) is 24.7 Å². The molecule has 2 fully saturated rings. The number of nitrogens with two attached hydrogens (primary N) is 1. The second-order valence-corrected chi connectivity index (χ2v) is 10.1. The van der Waals surface area contributed by atoms with Crippen LogP contribution in [0.15, 0.2) is 47.5 Å². The lowest BCUT2D eigenvalue weighted by Crippen LogP contribution is -2.46. The fourth-order valence-electron chi connectivity index (χ4n) is 5.25. The van der Waals surface area contributed by atoms with Crippen LogP contribution in [0.5, 0.6) is 0 Å². The van der Waals surface area contributed by atoms with Gasteiger partial charge in [-0.05, 0) is 65.0 Å². The Hall–Kier alpha value is -3.74. The number of benzene rings is 1. The van der Waals surface area contributed by atoms with Crippen LogP contribution in [0.1, 0.15) is 18.4 Å². The predicted molar refractivity (Wildman–Crippen MR) is 132 cm³/mol. The lowest BCUT2D eigenvalue weighted by atomic mass is 10.1. The van der Waals surface area contributed by atoms with Gasteiger partial charge < -0.3 is 20.5 Å². The zero-order valence-corrected chi connectivity index (χ0v) is 20.6. The van der Waals surface area contributed by atoms with E-state index in [4.69, 9.17) is 5.73 Å². The summed E-state index contributed by atoms with van der Waals surface area (Å²) < 4.78 is 42.3. The highest BCUT2D eigenvalue weighted by Crippen LogP contribution is 2.48. The number of alkyl halides is 3. The molecule has 1 aliphatic heterocycles. The minimum Gasteiger partial charge on any atom is -0.383 e. The largest absolute Gasteiger partial charge is 0.416 e. The van der Waals surface area contributed by atoms with E-state index in [1.54, 1.807) is 23.2 Å².